The Kier molecular flexibility index (Phi) is 4.46. The molecule has 1 rings (SSSR count). The third-order valence-electron chi connectivity index (χ3n) is 2.38. The second-order valence-corrected chi connectivity index (χ2v) is 4.05. The Balaban J connectivity index is 2.03. The highest BCUT2D eigenvalue weighted by Crippen LogP contribution is 2.17. The van der Waals surface area contributed by atoms with Gasteiger partial charge >= 0.3 is 0 Å². The largest absolute Gasteiger partial charge is 0.313 e. The standard InChI is InChI=1S/C11H22N2/c1-4-13(9-10(2)3)8-7-12-11-5-6-11/h11-12H,2,4-9H2,1,3H3. The van der Waals surface area contributed by atoms with Crippen LogP contribution in [0.1, 0.15) is 26.7 Å². The molecule has 0 aliphatic heterocycles. The maximum absolute atomic E-state index is 3.94. The van der Waals surface area contributed by atoms with E-state index in [4.69, 9.17) is 0 Å². The van der Waals surface area contributed by atoms with Crippen molar-refractivity contribution in [2.75, 3.05) is 26.2 Å². The molecule has 1 fully saturated rings. The first-order valence-electron chi connectivity index (χ1n) is 5.32. The zero-order chi connectivity index (χ0) is 9.68. The summed E-state index contributed by atoms with van der Waals surface area (Å²) in [4.78, 5) is 2.43. The number of likely N-dealkylation sites (N-methyl/N-ethyl adjacent to an activating group) is 1. The van der Waals surface area contributed by atoms with Crippen LogP contribution in [0.2, 0.25) is 0 Å². The lowest BCUT2D eigenvalue weighted by Gasteiger charge is -2.20. The minimum Gasteiger partial charge on any atom is -0.313 e. The van der Waals surface area contributed by atoms with Crippen molar-refractivity contribution in [2.24, 2.45) is 0 Å². The van der Waals surface area contributed by atoms with Gasteiger partial charge in [-0.3, -0.25) is 4.90 Å². The first-order valence-corrected chi connectivity index (χ1v) is 5.32. The van der Waals surface area contributed by atoms with Gasteiger partial charge in [-0.2, -0.15) is 0 Å². The minimum absolute atomic E-state index is 0.837. The highest BCUT2D eigenvalue weighted by molar-refractivity contribution is 4.91. The third-order valence-corrected chi connectivity index (χ3v) is 2.38. The molecule has 1 saturated carbocycles. The fourth-order valence-electron chi connectivity index (χ4n) is 1.44. The van der Waals surface area contributed by atoms with Crippen LogP contribution in [0.3, 0.4) is 0 Å². The molecule has 1 N–H and O–H groups in total. The molecular weight excluding hydrogens is 160 g/mol. The van der Waals surface area contributed by atoms with E-state index in [2.05, 4.69) is 30.6 Å². The molecule has 0 spiro atoms. The highest BCUT2D eigenvalue weighted by atomic mass is 15.1. The SMILES string of the molecule is C=C(C)CN(CC)CCNC1CC1. The van der Waals surface area contributed by atoms with Gasteiger partial charge in [0.25, 0.3) is 0 Å². The average Bonchev–Trinajstić information content (AvgIpc) is 2.85. The maximum Gasteiger partial charge on any atom is 0.0187 e. The maximum atomic E-state index is 3.94. The molecule has 0 aromatic carbocycles. The Labute approximate surface area is 82.0 Å². The number of hydrogen-bond donors (Lipinski definition) is 1. The molecule has 0 bridgehead atoms. The molecule has 0 unspecified atom stereocenters. The van der Waals surface area contributed by atoms with Crippen molar-refractivity contribution in [3.8, 4) is 0 Å². The smallest absolute Gasteiger partial charge is 0.0187 e. The Morgan fingerprint density at radius 2 is 2.23 bits per heavy atom. The van der Waals surface area contributed by atoms with Crippen molar-refractivity contribution < 1.29 is 0 Å². The van der Waals surface area contributed by atoms with Crippen LogP contribution in [0.25, 0.3) is 0 Å². The van der Waals surface area contributed by atoms with Crippen LogP contribution in [-0.4, -0.2) is 37.1 Å². The molecule has 1 aliphatic carbocycles. The molecule has 2 heteroatoms. The lowest BCUT2D eigenvalue weighted by molar-refractivity contribution is 0.310. The number of nitrogens with one attached hydrogen (secondary N) is 1. The summed E-state index contributed by atoms with van der Waals surface area (Å²) in [6, 6.07) is 0.837. The monoisotopic (exact) mass is 182 g/mol. The molecule has 0 amide bonds. The van der Waals surface area contributed by atoms with Gasteiger partial charge in [-0.25, -0.2) is 0 Å². The molecular formula is C11H22N2. The summed E-state index contributed by atoms with van der Waals surface area (Å²) in [6.07, 6.45) is 2.76. The van der Waals surface area contributed by atoms with Crippen LogP contribution in [0.15, 0.2) is 12.2 Å². The number of nitrogens with zero attached hydrogens (tertiary/aromatic N) is 1. The molecule has 13 heavy (non-hydrogen) atoms. The predicted molar refractivity (Wildman–Crippen MR) is 58.0 cm³/mol. The zero-order valence-corrected chi connectivity index (χ0v) is 8.97. The quantitative estimate of drug-likeness (QED) is 0.602. The molecule has 0 atom stereocenters. The van der Waals surface area contributed by atoms with E-state index in [1.165, 1.54) is 18.4 Å². The summed E-state index contributed by atoms with van der Waals surface area (Å²) >= 11 is 0. The molecule has 2 nitrogen and oxygen atoms in total. The second kappa shape index (κ2) is 5.40. The van der Waals surface area contributed by atoms with E-state index in [-0.39, 0.29) is 0 Å². The fraction of sp³-hybridized carbons (Fsp3) is 0.818. The van der Waals surface area contributed by atoms with E-state index in [1.54, 1.807) is 0 Å². The molecule has 0 heterocycles. The van der Waals surface area contributed by atoms with Crippen molar-refractivity contribution in [2.45, 2.75) is 32.7 Å². The predicted octanol–water partition coefficient (Wildman–Crippen LogP) is 1.64. The van der Waals surface area contributed by atoms with Crippen LogP contribution < -0.4 is 5.32 Å². The first-order chi connectivity index (χ1) is 6.22. The summed E-state index contributed by atoms with van der Waals surface area (Å²) in [7, 11) is 0. The molecule has 0 aromatic rings. The van der Waals surface area contributed by atoms with Gasteiger partial charge in [-0.05, 0) is 26.3 Å². The molecule has 1 aliphatic rings. The van der Waals surface area contributed by atoms with Gasteiger partial charge in [0, 0.05) is 25.7 Å². The normalized spacial score (nSPS) is 16.5. The van der Waals surface area contributed by atoms with Crippen molar-refractivity contribution in [3.05, 3.63) is 12.2 Å². The van der Waals surface area contributed by atoms with Gasteiger partial charge in [-0.1, -0.05) is 19.1 Å². The summed E-state index contributed by atoms with van der Waals surface area (Å²) in [5, 5.41) is 3.52. The van der Waals surface area contributed by atoms with E-state index >= 15 is 0 Å². The highest BCUT2D eigenvalue weighted by Gasteiger charge is 2.19. The van der Waals surface area contributed by atoms with Crippen molar-refractivity contribution >= 4 is 0 Å². The van der Waals surface area contributed by atoms with E-state index in [0.29, 0.717) is 0 Å². The Hall–Kier alpha value is -0.340. The zero-order valence-electron chi connectivity index (χ0n) is 8.97. The van der Waals surface area contributed by atoms with Crippen molar-refractivity contribution in [3.63, 3.8) is 0 Å². The van der Waals surface area contributed by atoms with Crippen LogP contribution in [-0.2, 0) is 0 Å². The number of hydrogen-bond acceptors (Lipinski definition) is 2. The van der Waals surface area contributed by atoms with Gasteiger partial charge in [-0.15, -0.1) is 0 Å². The van der Waals surface area contributed by atoms with Crippen LogP contribution >= 0.6 is 0 Å². The van der Waals surface area contributed by atoms with E-state index in [9.17, 15) is 0 Å². The molecule has 0 radical (unpaired) electrons. The van der Waals surface area contributed by atoms with Gasteiger partial charge in [0.1, 0.15) is 0 Å². The summed E-state index contributed by atoms with van der Waals surface area (Å²) < 4.78 is 0. The first kappa shape index (κ1) is 10.7. The lowest BCUT2D eigenvalue weighted by atomic mass is 10.3. The minimum atomic E-state index is 0.837. The van der Waals surface area contributed by atoms with Crippen molar-refractivity contribution in [1.82, 2.24) is 10.2 Å². The van der Waals surface area contributed by atoms with Gasteiger partial charge in [0.05, 0.1) is 0 Å². The third kappa shape index (κ3) is 5.06. The topological polar surface area (TPSA) is 15.3 Å². The average molecular weight is 182 g/mol. The van der Waals surface area contributed by atoms with Gasteiger partial charge < -0.3 is 5.32 Å². The summed E-state index contributed by atoms with van der Waals surface area (Å²) in [6.45, 7) is 12.7. The van der Waals surface area contributed by atoms with E-state index in [1.807, 2.05) is 0 Å². The van der Waals surface area contributed by atoms with E-state index in [0.717, 1.165) is 32.2 Å². The Morgan fingerprint density at radius 1 is 1.54 bits per heavy atom. The fourth-order valence-corrected chi connectivity index (χ4v) is 1.44. The van der Waals surface area contributed by atoms with Crippen LogP contribution in [0.5, 0.6) is 0 Å². The molecule has 0 aromatic heterocycles. The van der Waals surface area contributed by atoms with E-state index < -0.39 is 0 Å². The summed E-state index contributed by atoms with van der Waals surface area (Å²) in [5.74, 6) is 0. The van der Waals surface area contributed by atoms with Crippen LogP contribution in [0.4, 0.5) is 0 Å². The molecule has 76 valence electrons. The van der Waals surface area contributed by atoms with Crippen LogP contribution in [0, 0.1) is 0 Å². The lowest BCUT2D eigenvalue weighted by Crippen LogP contribution is -2.33. The number of rotatable bonds is 7. The van der Waals surface area contributed by atoms with Gasteiger partial charge in [0.2, 0.25) is 0 Å². The second-order valence-electron chi connectivity index (χ2n) is 4.05. The molecule has 0 saturated heterocycles. The van der Waals surface area contributed by atoms with Crippen molar-refractivity contribution in [1.29, 1.82) is 0 Å². The Morgan fingerprint density at radius 3 is 2.69 bits per heavy atom. The summed E-state index contributed by atoms with van der Waals surface area (Å²) in [5.41, 5.74) is 1.26. The Bertz CT molecular complexity index is 161. The van der Waals surface area contributed by atoms with Gasteiger partial charge in [0.15, 0.2) is 0 Å².